The number of aliphatic hydroxyl groups is 2. The van der Waals surface area contributed by atoms with Crippen LogP contribution in [-0.4, -0.2) is 86.2 Å². The molecule has 2 aromatic heterocycles. The lowest BCUT2D eigenvalue weighted by Crippen LogP contribution is -2.52. The van der Waals surface area contributed by atoms with E-state index in [1.54, 1.807) is 30.5 Å². The van der Waals surface area contributed by atoms with Crippen LogP contribution in [0.2, 0.25) is 0 Å². The number of aromatic nitrogens is 4. The zero-order chi connectivity index (χ0) is 30.8. The largest absolute Gasteiger partial charge is 0.465 e. The lowest BCUT2D eigenvalue weighted by atomic mass is 9.69. The summed E-state index contributed by atoms with van der Waals surface area (Å²) in [5.41, 5.74) is -3.23. The van der Waals surface area contributed by atoms with E-state index in [9.17, 15) is 40.4 Å². The molecule has 4 aromatic rings. The first-order valence-electron chi connectivity index (χ1n) is 13.8. The van der Waals surface area contributed by atoms with Crippen LogP contribution in [0, 0.1) is 0 Å². The fourth-order valence-corrected chi connectivity index (χ4v) is 7.92. The van der Waals surface area contributed by atoms with Gasteiger partial charge in [0.25, 0.3) is 0 Å². The number of amides is 2. The molecule has 8 rings (SSSR count). The molecular formula is C28H26N8O8. The highest BCUT2D eigenvalue weighted by atomic mass is 16.6. The molecule has 226 valence electrons. The van der Waals surface area contributed by atoms with Crippen LogP contribution < -0.4 is 10.6 Å². The molecule has 4 atom stereocenters. The summed E-state index contributed by atoms with van der Waals surface area (Å²) in [6.45, 7) is 0.231. The van der Waals surface area contributed by atoms with Crippen LogP contribution in [-0.2, 0) is 22.3 Å². The highest BCUT2D eigenvalue weighted by Gasteiger charge is 2.69. The molecule has 4 aliphatic rings. The summed E-state index contributed by atoms with van der Waals surface area (Å²) in [7, 11) is 0. The van der Waals surface area contributed by atoms with Crippen LogP contribution in [0.5, 0.6) is 0 Å². The number of fused-ring (bicyclic) bond motifs is 10. The van der Waals surface area contributed by atoms with Crippen molar-refractivity contribution in [3.8, 4) is 11.1 Å². The maximum absolute atomic E-state index is 12.0. The molecule has 6 heterocycles. The van der Waals surface area contributed by atoms with Gasteiger partial charge in [-0.05, 0) is 41.7 Å². The van der Waals surface area contributed by atoms with Crippen LogP contribution in [0.15, 0.2) is 48.8 Å². The van der Waals surface area contributed by atoms with E-state index in [0.717, 1.165) is 10.1 Å². The predicted molar refractivity (Wildman–Crippen MR) is 148 cm³/mol. The molecule has 4 bridgehead atoms. The standard InChI is InChI=1S/C28H26N8O8/c37-23(38)31-17-10-16(26-6-8-36(44)28(26,42)22-30-12-20(26)34-22)18(32-24(39)40)9-15(17)13-1-3-14(4-2-13)25-5-7-35(43)27(25,41)21-29-11-19(25)33-21/h1-4,9-12,31-32,41-44H,5-8H2,(H,29,33)(H,30,34)(H,37,38)(H,39,40)/t25?,26?,27-,28-/m1/s1. The molecule has 4 aliphatic heterocycles. The molecule has 44 heavy (non-hydrogen) atoms. The van der Waals surface area contributed by atoms with Crippen LogP contribution >= 0.6 is 0 Å². The Morgan fingerprint density at radius 2 is 1.30 bits per heavy atom. The second-order valence-corrected chi connectivity index (χ2v) is 11.6. The van der Waals surface area contributed by atoms with Crippen molar-refractivity contribution >= 4 is 23.6 Å². The Hall–Kier alpha value is -4.84. The Morgan fingerprint density at radius 1 is 0.773 bits per heavy atom. The highest BCUT2D eigenvalue weighted by Crippen LogP contribution is 2.61. The minimum atomic E-state index is -2.04. The van der Waals surface area contributed by atoms with Gasteiger partial charge in [-0.2, -0.15) is 10.1 Å². The Bertz CT molecular complexity index is 1890. The van der Waals surface area contributed by atoms with Gasteiger partial charge in [-0.25, -0.2) is 19.6 Å². The smallest absolute Gasteiger partial charge is 0.409 e. The van der Waals surface area contributed by atoms with Crippen molar-refractivity contribution < 1.29 is 40.4 Å². The van der Waals surface area contributed by atoms with Gasteiger partial charge in [0.05, 0.1) is 27.9 Å². The number of benzene rings is 2. The van der Waals surface area contributed by atoms with Crippen molar-refractivity contribution in [2.75, 3.05) is 23.7 Å². The minimum Gasteiger partial charge on any atom is -0.465 e. The van der Waals surface area contributed by atoms with E-state index in [-0.39, 0.29) is 48.1 Å². The van der Waals surface area contributed by atoms with Crippen LogP contribution in [0.3, 0.4) is 0 Å². The second kappa shape index (κ2) is 8.41. The lowest BCUT2D eigenvalue weighted by molar-refractivity contribution is -0.262. The molecule has 16 heteroatoms. The lowest BCUT2D eigenvalue weighted by Gasteiger charge is -2.40. The average molecular weight is 603 g/mol. The van der Waals surface area contributed by atoms with Gasteiger partial charge in [0, 0.05) is 36.7 Å². The number of aromatic amines is 2. The van der Waals surface area contributed by atoms with Crippen molar-refractivity contribution in [1.82, 2.24) is 30.1 Å². The van der Waals surface area contributed by atoms with E-state index < -0.39 is 34.5 Å². The van der Waals surface area contributed by atoms with Crippen LogP contribution in [0.4, 0.5) is 21.0 Å². The number of rotatable bonds is 5. The first-order chi connectivity index (χ1) is 21.0. The number of anilines is 2. The van der Waals surface area contributed by atoms with E-state index in [0.29, 0.717) is 34.5 Å². The van der Waals surface area contributed by atoms with Gasteiger partial charge < -0.3 is 40.8 Å². The van der Waals surface area contributed by atoms with Gasteiger partial charge in [-0.3, -0.25) is 10.6 Å². The first-order valence-corrected chi connectivity index (χ1v) is 13.8. The maximum Gasteiger partial charge on any atom is 0.409 e. The molecule has 2 saturated heterocycles. The molecule has 10 N–H and O–H groups in total. The van der Waals surface area contributed by atoms with Crippen molar-refractivity contribution in [2.24, 2.45) is 0 Å². The molecule has 2 aromatic carbocycles. The van der Waals surface area contributed by atoms with E-state index in [1.807, 2.05) is 0 Å². The zero-order valence-corrected chi connectivity index (χ0v) is 22.7. The van der Waals surface area contributed by atoms with Gasteiger partial charge in [0.1, 0.15) is 0 Å². The maximum atomic E-state index is 12.0. The summed E-state index contributed by atoms with van der Waals surface area (Å²) < 4.78 is 0. The summed E-state index contributed by atoms with van der Waals surface area (Å²) >= 11 is 0. The third-order valence-corrected chi connectivity index (χ3v) is 9.86. The molecule has 0 spiro atoms. The van der Waals surface area contributed by atoms with Gasteiger partial charge in [0.15, 0.2) is 11.6 Å². The SMILES string of the molecule is O=C(O)Nc1cc(C23CCN(O)[C@@]2(O)c2ncc3[nH]2)c(NC(=O)O)cc1-c1ccc(C23CCN(O)[C@@]2(O)c2ncc3[nH]2)cc1. The fraction of sp³-hybridized carbons (Fsp3) is 0.286. The number of nitrogens with zero attached hydrogens (tertiary/aromatic N) is 4. The van der Waals surface area contributed by atoms with Crippen molar-refractivity contribution in [1.29, 1.82) is 0 Å². The number of hydrogen-bond donors (Lipinski definition) is 10. The molecule has 2 amide bonds. The molecule has 2 fully saturated rings. The zero-order valence-electron chi connectivity index (χ0n) is 22.7. The molecule has 16 nitrogen and oxygen atoms in total. The number of hydroxylamine groups is 4. The molecule has 0 aliphatic carbocycles. The summed E-state index contributed by atoms with van der Waals surface area (Å²) in [6.07, 6.45) is 0.913. The molecule has 0 radical (unpaired) electrons. The normalized spacial score (nSPS) is 30.0. The summed E-state index contributed by atoms with van der Waals surface area (Å²) in [4.78, 5) is 38.3. The van der Waals surface area contributed by atoms with Crippen molar-refractivity contribution in [3.63, 3.8) is 0 Å². The van der Waals surface area contributed by atoms with Gasteiger partial charge in [0.2, 0.25) is 11.4 Å². The third-order valence-electron chi connectivity index (χ3n) is 9.86. The van der Waals surface area contributed by atoms with Crippen LogP contribution in [0.25, 0.3) is 11.1 Å². The highest BCUT2D eigenvalue weighted by molar-refractivity contribution is 5.95. The average Bonchev–Trinajstić information content (AvgIpc) is 3.82. The van der Waals surface area contributed by atoms with E-state index in [4.69, 9.17) is 0 Å². The Morgan fingerprint density at radius 3 is 1.89 bits per heavy atom. The quantitative estimate of drug-likeness (QED) is 0.158. The van der Waals surface area contributed by atoms with Crippen molar-refractivity contribution in [2.45, 2.75) is 35.1 Å². The first kappa shape index (κ1) is 26.8. The Labute approximate surface area is 247 Å². The van der Waals surface area contributed by atoms with Gasteiger partial charge in [-0.15, -0.1) is 0 Å². The second-order valence-electron chi connectivity index (χ2n) is 11.6. The predicted octanol–water partition coefficient (Wildman–Crippen LogP) is 2.06. The van der Waals surface area contributed by atoms with E-state index in [1.165, 1.54) is 18.3 Å². The summed E-state index contributed by atoms with van der Waals surface area (Å²) in [6, 6.07) is 9.86. The third kappa shape index (κ3) is 2.91. The van der Waals surface area contributed by atoms with Crippen LogP contribution in [0.1, 0.15) is 47.0 Å². The van der Waals surface area contributed by atoms with Gasteiger partial charge >= 0.3 is 12.2 Å². The fourth-order valence-electron chi connectivity index (χ4n) is 7.92. The summed E-state index contributed by atoms with van der Waals surface area (Å²) in [5, 5.41) is 70.6. The topological polar surface area (TPSA) is 243 Å². The minimum absolute atomic E-state index is 0.0308. The molecular weight excluding hydrogens is 576 g/mol. The Balaban J connectivity index is 1.28. The number of carboxylic acid groups (broad SMARTS) is 2. The number of imidazole rings is 2. The Kier molecular flexibility index (Phi) is 5.11. The van der Waals surface area contributed by atoms with Crippen molar-refractivity contribution in [3.05, 3.63) is 83.0 Å². The summed E-state index contributed by atoms with van der Waals surface area (Å²) in [5.74, 6) is 0.304. The number of H-pyrrole nitrogens is 2. The van der Waals surface area contributed by atoms with E-state index >= 15 is 0 Å². The number of hydrogen-bond acceptors (Lipinski definition) is 10. The number of nitrogens with one attached hydrogen (secondary N) is 4. The monoisotopic (exact) mass is 602 g/mol. The number of carbonyl (C=O) groups is 2. The molecule has 0 saturated carbocycles. The molecule has 2 unspecified atom stereocenters. The van der Waals surface area contributed by atoms with Gasteiger partial charge in [-0.1, -0.05) is 24.3 Å². The van der Waals surface area contributed by atoms with E-state index in [2.05, 4.69) is 30.6 Å².